The molecule has 0 aliphatic carbocycles. The molecule has 1 heterocycles. The Morgan fingerprint density at radius 1 is 1.21 bits per heavy atom. The average molecular weight is 328 g/mol. The molecule has 2 aromatic carbocycles. The molecule has 0 spiro atoms. The van der Waals surface area contributed by atoms with Crippen LogP contribution in [0.15, 0.2) is 48.5 Å². The normalized spacial score (nSPS) is 17.0. The minimum Gasteiger partial charge on any atom is -0.496 e. The van der Waals surface area contributed by atoms with Gasteiger partial charge in [-0.1, -0.05) is 12.1 Å². The second-order valence-corrected chi connectivity index (χ2v) is 5.48. The van der Waals surface area contributed by atoms with Gasteiger partial charge in [-0.05, 0) is 42.8 Å². The van der Waals surface area contributed by atoms with Crippen LogP contribution in [0.5, 0.6) is 5.75 Å². The van der Waals surface area contributed by atoms with Crippen molar-refractivity contribution in [1.29, 1.82) is 0 Å². The van der Waals surface area contributed by atoms with E-state index in [1.807, 2.05) is 0 Å². The number of nitrogens with one attached hydrogen (secondary N) is 1. The molecule has 1 fully saturated rings. The van der Waals surface area contributed by atoms with Crippen molar-refractivity contribution >= 4 is 17.5 Å². The maximum Gasteiger partial charge on any atom is 0.255 e. The highest BCUT2D eigenvalue weighted by Gasteiger charge is 2.34. The summed E-state index contributed by atoms with van der Waals surface area (Å²) in [5, 5.41) is 2.75. The van der Waals surface area contributed by atoms with E-state index in [0.29, 0.717) is 30.0 Å². The number of hydrogen-bond acceptors (Lipinski definition) is 3. The first-order valence-electron chi connectivity index (χ1n) is 7.61. The fourth-order valence-corrected chi connectivity index (χ4v) is 2.76. The average Bonchev–Trinajstić information content (AvgIpc) is 2.96. The molecule has 1 atom stereocenters. The highest BCUT2D eigenvalue weighted by atomic mass is 19.1. The van der Waals surface area contributed by atoms with Crippen molar-refractivity contribution in [2.24, 2.45) is 0 Å². The summed E-state index contributed by atoms with van der Waals surface area (Å²) < 4.78 is 18.2. The van der Waals surface area contributed by atoms with Gasteiger partial charge in [0.2, 0.25) is 5.91 Å². The molecule has 0 bridgehead atoms. The van der Waals surface area contributed by atoms with Crippen LogP contribution in [-0.4, -0.2) is 31.5 Å². The zero-order valence-corrected chi connectivity index (χ0v) is 13.2. The molecule has 2 amide bonds. The number of para-hydroxylation sites is 1. The maximum absolute atomic E-state index is 13.0. The number of carbonyl (C=O) groups excluding carboxylic acids is 2. The number of carbonyl (C=O) groups is 2. The van der Waals surface area contributed by atoms with Gasteiger partial charge in [-0.3, -0.25) is 9.59 Å². The number of amides is 2. The molecule has 124 valence electrons. The fraction of sp³-hybridized carbons (Fsp3) is 0.222. The van der Waals surface area contributed by atoms with Crippen LogP contribution < -0.4 is 15.0 Å². The number of rotatable bonds is 4. The van der Waals surface area contributed by atoms with Crippen molar-refractivity contribution in [3.8, 4) is 5.75 Å². The van der Waals surface area contributed by atoms with E-state index in [2.05, 4.69) is 5.32 Å². The van der Waals surface area contributed by atoms with Gasteiger partial charge >= 0.3 is 0 Å². The first kappa shape index (κ1) is 16.0. The molecule has 0 saturated carbocycles. The molecule has 1 aliphatic rings. The van der Waals surface area contributed by atoms with Gasteiger partial charge in [-0.2, -0.15) is 0 Å². The van der Waals surface area contributed by atoms with E-state index >= 15 is 0 Å². The molecular formula is C18H17FN2O3. The summed E-state index contributed by atoms with van der Waals surface area (Å²) >= 11 is 0. The lowest BCUT2D eigenvalue weighted by atomic mass is 10.1. The topological polar surface area (TPSA) is 58.6 Å². The molecule has 24 heavy (non-hydrogen) atoms. The zero-order chi connectivity index (χ0) is 17.1. The molecule has 6 heteroatoms. The SMILES string of the molecule is COc1ccccc1C(=O)N[C@H]1CCN(c2ccc(F)cc2)C1=O. The van der Waals surface area contributed by atoms with Crippen LogP contribution in [0.1, 0.15) is 16.8 Å². The van der Waals surface area contributed by atoms with Crippen LogP contribution in [-0.2, 0) is 4.79 Å². The number of anilines is 1. The Kier molecular flexibility index (Phi) is 4.46. The summed E-state index contributed by atoms with van der Waals surface area (Å²) in [5.74, 6) is -0.459. The molecule has 3 rings (SSSR count). The van der Waals surface area contributed by atoms with Crippen LogP contribution in [0.2, 0.25) is 0 Å². The monoisotopic (exact) mass is 328 g/mol. The van der Waals surface area contributed by atoms with E-state index in [0.717, 1.165) is 0 Å². The van der Waals surface area contributed by atoms with Gasteiger partial charge in [-0.15, -0.1) is 0 Å². The Bertz CT molecular complexity index is 761. The molecular weight excluding hydrogens is 311 g/mol. The summed E-state index contributed by atoms with van der Waals surface area (Å²) in [7, 11) is 1.49. The van der Waals surface area contributed by atoms with Crippen molar-refractivity contribution in [3.05, 3.63) is 59.9 Å². The maximum atomic E-state index is 13.0. The zero-order valence-electron chi connectivity index (χ0n) is 13.2. The number of halogens is 1. The molecule has 0 aromatic heterocycles. The van der Waals surface area contributed by atoms with Crippen LogP contribution in [0.3, 0.4) is 0 Å². The summed E-state index contributed by atoms with van der Waals surface area (Å²) in [6.07, 6.45) is 0.497. The van der Waals surface area contributed by atoms with E-state index < -0.39 is 6.04 Å². The van der Waals surface area contributed by atoms with E-state index in [-0.39, 0.29) is 17.6 Å². The number of ether oxygens (including phenoxy) is 1. The standard InChI is InChI=1S/C18H17FN2O3/c1-24-16-5-3-2-4-14(16)17(22)20-15-10-11-21(18(15)23)13-8-6-12(19)7-9-13/h2-9,15H,10-11H2,1H3,(H,20,22)/t15-/m0/s1. The Morgan fingerprint density at radius 3 is 2.62 bits per heavy atom. The first-order valence-corrected chi connectivity index (χ1v) is 7.61. The third-order valence-corrected chi connectivity index (χ3v) is 4.00. The molecule has 2 aromatic rings. The predicted octanol–water partition coefficient (Wildman–Crippen LogP) is 2.37. The Balaban J connectivity index is 1.71. The Morgan fingerprint density at radius 2 is 1.92 bits per heavy atom. The molecule has 1 aliphatic heterocycles. The highest BCUT2D eigenvalue weighted by Crippen LogP contribution is 2.23. The molecule has 1 saturated heterocycles. The van der Waals surface area contributed by atoms with Gasteiger partial charge in [0, 0.05) is 12.2 Å². The predicted molar refractivity (Wildman–Crippen MR) is 87.6 cm³/mol. The quantitative estimate of drug-likeness (QED) is 0.937. The summed E-state index contributed by atoms with van der Waals surface area (Å²) in [4.78, 5) is 26.4. The second-order valence-electron chi connectivity index (χ2n) is 5.48. The Labute approximate surface area is 139 Å². The second kappa shape index (κ2) is 6.70. The number of nitrogens with zero attached hydrogens (tertiary/aromatic N) is 1. The number of methoxy groups -OCH3 is 1. The minimum absolute atomic E-state index is 0.204. The summed E-state index contributed by atoms with van der Waals surface area (Å²) in [5.41, 5.74) is 1.00. The minimum atomic E-state index is -0.604. The van der Waals surface area contributed by atoms with Gasteiger partial charge in [-0.25, -0.2) is 4.39 Å². The van der Waals surface area contributed by atoms with E-state index in [4.69, 9.17) is 4.74 Å². The molecule has 0 unspecified atom stereocenters. The first-order chi connectivity index (χ1) is 11.6. The van der Waals surface area contributed by atoms with E-state index in [1.165, 1.54) is 19.2 Å². The van der Waals surface area contributed by atoms with Crippen LogP contribution in [0, 0.1) is 5.82 Å². The smallest absolute Gasteiger partial charge is 0.255 e. The van der Waals surface area contributed by atoms with Crippen molar-refractivity contribution in [2.45, 2.75) is 12.5 Å². The third-order valence-electron chi connectivity index (χ3n) is 4.00. The number of benzene rings is 2. The lowest BCUT2D eigenvalue weighted by molar-refractivity contribution is -0.118. The van der Waals surface area contributed by atoms with Crippen molar-refractivity contribution < 1.29 is 18.7 Å². The largest absolute Gasteiger partial charge is 0.496 e. The fourth-order valence-electron chi connectivity index (χ4n) is 2.76. The highest BCUT2D eigenvalue weighted by molar-refractivity contribution is 6.04. The van der Waals surface area contributed by atoms with Crippen LogP contribution >= 0.6 is 0 Å². The van der Waals surface area contributed by atoms with Gasteiger partial charge in [0.05, 0.1) is 12.7 Å². The van der Waals surface area contributed by atoms with Gasteiger partial charge in [0.1, 0.15) is 17.6 Å². The molecule has 1 N–H and O–H groups in total. The van der Waals surface area contributed by atoms with E-state index in [9.17, 15) is 14.0 Å². The lowest BCUT2D eigenvalue weighted by Crippen LogP contribution is -2.41. The van der Waals surface area contributed by atoms with Gasteiger partial charge < -0.3 is 15.0 Å². The summed E-state index contributed by atoms with van der Waals surface area (Å²) in [6, 6.07) is 12.0. The molecule has 0 radical (unpaired) electrons. The summed E-state index contributed by atoms with van der Waals surface area (Å²) in [6.45, 7) is 0.474. The van der Waals surface area contributed by atoms with E-state index in [1.54, 1.807) is 41.3 Å². The van der Waals surface area contributed by atoms with Gasteiger partial charge in [0.25, 0.3) is 5.91 Å². The van der Waals surface area contributed by atoms with Crippen LogP contribution in [0.4, 0.5) is 10.1 Å². The molecule has 5 nitrogen and oxygen atoms in total. The Hall–Kier alpha value is -2.89. The van der Waals surface area contributed by atoms with Crippen LogP contribution in [0.25, 0.3) is 0 Å². The van der Waals surface area contributed by atoms with Crippen molar-refractivity contribution in [2.75, 3.05) is 18.6 Å². The van der Waals surface area contributed by atoms with Crippen molar-refractivity contribution in [3.63, 3.8) is 0 Å². The third kappa shape index (κ3) is 3.08. The number of hydrogen-bond donors (Lipinski definition) is 1. The van der Waals surface area contributed by atoms with Gasteiger partial charge in [0.15, 0.2) is 0 Å². The van der Waals surface area contributed by atoms with Crippen molar-refractivity contribution in [1.82, 2.24) is 5.32 Å². The lowest BCUT2D eigenvalue weighted by Gasteiger charge is -2.17.